The van der Waals surface area contributed by atoms with Crippen LogP contribution in [0, 0.1) is 5.92 Å². The van der Waals surface area contributed by atoms with Crippen LogP contribution >= 0.6 is 11.8 Å². The lowest BCUT2D eigenvalue weighted by atomic mass is 10.00. The molecule has 0 saturated heterocycles. The second-order valence-corrected chi connectivity index (χ2v) is 5.65. The summed E-state index contributed by atoms with van der Waals surface area (Å²) in [5, 5.41) is 11.7. The zero-order chi connectivity index (χ0) is 13.8. The Labute approximate surface area is 116 Å². The summed E-state index contributed by atoms with van der Waals surface area (Å²) in [7, 11) is 0. The van der Waals surface area contributed by atoms with Crippen LogP contribution in [0.1, 0.15) is 24.8 Å². The number of hydrogen-bond acceptors (Lipinski definition) is 3. The van der Waals surface area contributed by atoms with Crippen molar-refractivity contribution in [2.75, 3.05) is 12.3 Å². The molecule has 0 bridgehead atoms. The largest absolute Gasteiger partial charge is 0.481 e. The van der Waals surface area contributed by atoms with Crippen LogP contribution in [0.4, 0.5) is 0 Å². The first-order chi connectivity index (χ1) is 9.13. The summed E-state index contributed by atoms with van der Waals surface area (Å²) >= 11 is 1.67. The third-order valence-corrected chi connectivity index (χ3v) is 4.56. The molecule has 0 fully saturated rings. The highest BCUT2D eigenvalue weighted by molar-refractivity contribution is 7.99. The third kappa shape index (κ3) is 3.10. The number of amides is 1. The highest BCUT2D eigenvalue weighted by Crippen LogP contribution is 2.39. The Morgan fingerprint density at radius 3 is 2.89 bits per heavy atom. The van der Waals surface area contributed by atoms with E-state index in [0.29, 0.717) is 6.42 Å². The summed E-state index contributed by atoms with van der Waals surface area (Å²) in [6, 6.07) is 7.87. The van der Waals surface area contributed by atoms with E-state index in [1.54, 1.807) is 11.8 Å². The van der Waals surface area contributed by atoms with Gasteiger partial charge in [0.2, 0.25) is 5.91 Å². The van der Waals surface area contributed by atoms with Crippen LogP contribution in [0.5, 0.6) is 0 Å². The average molecular weight is 279 g/mol. The van der Waals surface area contributed by atoms with Gasteiger partial charge in [0.05, 0.1) is 11.8 Å². The lowest BCUT2D eigenvalue weighted by molar-refractivity contribution is -0.141. The minimum absolute atomic E-state index is 0.0721. The summed E-state index contributed by atoms with van der Waals surface area (Å²) in [6.45, 7) is 2.01. The Hall–Kier alpha value is -1.49. The second kappa shape index (κ2) is 6.10. The maximum atomic E-state index is 12.1. The van der Waals surface area contributed by atoms with Gasteiger partial charge in [-0.05, 0) is 18.1 Å². The van der Waals surface area contributed by atoms with Gasteiger partial charge < -0.3 is 10.4 Å². The molecule has 5 heteroatoms. The van der Waals surface area contributed by atoms with E-state index in [1.165, 1.54) is 0 Å². The molecule has 19 heavy (non-hydrogen) atoms. The normalized spacial score (nSPS) is 18.7. The van der Waals surface area contributed by atoms with Crippen molar-refractivity contribution >= 4 is 23.6 Å². The average Bonchev–Trinajstić information content (AvgIpc) is 2.82. The number of hydrogen-bond donors (Lipinski definition) is 2. The lowest BCUT2D eigenvalue weighted by Gasteiger charge is -2.14. The van der Waals surface area contributed by atoms with Crippen LogP contribution in [-0.4, -0.2) is 29.3 Å². The van der Waals surface area contributed by atoms with Crippen molar-refractivity contribution < 1.29 is 14.7 Å². The number of carbonyl (C=O) groups is 2. The number of carboxylic acids is 1. The number of aliphatic carboxylic acids is 1. The molecule has 0 saturated carbocycles. The minimum atomic E-state index is -0.857. The van der Waals surface area contributed by atoms with E-state index in [2.05, 4.69) is 5.32 Å². The number of nitrogens with one attached hydrogen (secondary N) is 1. The zero-order valence-electron chi connectivity index (χ0n) is 10.8. The van der Waals surface area contributed by atoms with Gasteiger partial charge in [-0.25, -0.2) is 0 Å². The first-order valence-electron chi connectivity index (χ1n) is 6.35. The molecule has 102 valence electrons. The Morgan fingerprint density at radius 2 is 2.21 bits per heavy atom. The highest BCUT2D eigenvalue weighted by Gasteiger charge is 2.29. The molecule has 0 aromatic heterocycles. The first kappa shape index (κ1) is 13.9. The Morgan fingerprint density at radius 1 is 1.47 bits per heavy atom. The summed E-state index contributed by atoms with van der Waals surface area (Å²) in [5.41, 5.74) is 1.05. The van der Waals surface area contributed by atoms with Crippen LogP contribution in [0.2, 0.25) is 0 Å². The van der Waals surface area contributed by atoms with Crippen LogP contribution in [-0.2, 0) is 9.59 Å². The third-order valence-electron chi connectivity index (χ3n) is 3.38. The molecule has 2 N–H and O–H groups in total. The van der Waals surface area contributed by atoms with Gasteiger partial charge in [0.1, 0.15) is 0 Å². The maximum absolute atomic E-state index is 12.1. The molecule has 1 aliphatic heterocycles. The molecule has 1 heterocycles. The van der Waals surface area contributed by atoms with Crippen molar-refractivity contribution in [2.24, 2.45) is 5.92 Å². The molecule has 1 aromatic carbocycles. The van der Waals surface area contributed by atoms with Crippen LogP contribution in [0.3, 0.4) is 0 Å². The number of rotatable bonds is 5. The van der Waals surface area contributed by atoms with E-state index in [-0.39, 0.29) is 18.4 Å². The summed E-state index contributed by atoms with van der Waals surface area (Å²) in [6.07, 6.45) is 0.519. The zero-order valence-corrected chi connectivity index (χ0v) is 11.6. The van der Waals surface area contributed by atoms with Crippen molar-refractivity contribution in [2.45, 2.75) is 24.2 Å². The Kier molecular flexibility index (Phi) is 4.47. The fourth-order valence-electron chi connectivity index (χ4n) is 2.13. The van der Waals surface area contributed by atoms with Crippen LogP contribution < -0.4 is 5.32 Å². The van der Waals surface area contributed by atoms with Gasteiger partial charge in [-0.1, -0.05) is 25.1 Å². The van der Waals surface area contributed by atoms with Crippen molar-refractivity contribution in [1.82, 2.24) is 5.32 Å². The fourth-order valence-corrected chi connectivity index (χ4v) is 3.36. The lowest BCUT2D eigenvalue weighted by Crippen LogP contribution is -2.35. The highest BCUT2D eigenvalue weighted by atomic mass is 32.2. The Balaban J connectivity index is 1.97. The number of fused-ring (bicyclic) bond motifs is 1. The van der Waals surface area contributed by atoms with Crippen molar-refractivity contribution in [1.29, 1.82) is 0 Å². The van der Waals surface area contributed by atoms with Gasteiger partial charge in [-0.15, -0.1) is 11.8 Å². The van der Waals surface area contributed by atoms with E-state index >= 15 is 0 Å². The predicted molar refractivity (Wildman–Crippen MR) is 74.3 cm³/mol. The summed E-state index contributed by atoms with van der Waals surface area (Å²) in [5.74, 6) is -0.864. The minimum Gasteiger partial charge on any atom is -0.481 e. The molecule has 0 spiro atoms. The van der Waals surface area contributed by atoms with Gasteiger partial charge in [-0.3, -0.25) is 9.59 Å². The van der Waals surface area contributed by atoms with Crippen molar-refractivity contribution in [3.63, 3.8) is 0 Å². The molecule has 1 amide bonds. The number of thioether (sulfide) groups is 1. The quantitative estimate of drug-likeness (QED) is 0.866. The molecule has 1 aromatic rings. The predicted octanol–water partition coefficient (Wildman–Crippen LogP) is 2.10. The van der Waals surface area contributed by atoms with Crippen LogP contribution in [0.15, 0.2) is 29.2 Å². The van der Waals surface area contributed by atoms with Gasteiger partial charge >= 0.3 is 5.97 Å². The smallest absolute Gasteiger partial charge is 0.308 e. The molecule has 2 rings (SSSR count). The maximum Gasteiger partial charge on any atom is 0.308 e. The molecule has 0 radical (unpaired) electrons. The number of carbonyl (C=O) groups excluding carboxylic acids is 1. The number of carboxylic acid groups (broad SMARTS) is 1. The van der Waals surface area contributed by atoms with Crippen molar-refractivity contribution in [3.8, 4) is 0 Å². The topological polar surface area (TPSA) is 66.4 Å². The van der Waals surface area contributed by atoms with Crippen LogP contribution in [0.25, 0.3) is 0 Å². The molecule has 2 unspecified atom stereocenters. The molecular formula is C14H17NO3S. The Bertz CT molecular complexity index is 489. The van der Waals surface area contributed by atoms with E-state index in [0.717, 1.165) is 16.2 Å². The van der Waals surface area contributed by atoms with E-state index < -0.39 is 11.9 Å². The molecule has 0 aliphatic carbocycles. The summed E-state index contributed by atoms with van der Waals surface area (Å²) < 4.78 is 0. The van der Waals surface area contributed by atoms with Gasteiger partial charge in [0.25, 0.3) is 0 Å². The van der Waals surface area contributed by atoms with Gasteiger partial charge in [0, 0.05) is 17.2 Å². The molecule has 1 aliphatic rings. The fraction of sp³-hybridized carbons (Fsp3) is 0.429. The SMILES string of the molecule is CCC(CNC(=O)C1CSc2ccccc21)C(=O)O. The molecule has 4 nitrogen and oxygen atoms in total. The summed E-state index contributed by atoms with van der Waals surface area (Å²) in [4.78, 5) is 24.2. The molecular weight excluding hydrogens is 262 g/mol. The monoisotopic (exact) mass is 279 g/mol. The van der Waals surface area contributed by atoms with Crippen molar-refractivity contribution in [3.05, 3.63) is 29.8 Å². The van der Waals surface area contributed by atoms with Gasteiger partial charge in [0.15, 0.2) is 0 Å². The van der Waals surface area contributed by atoms with E-state index in [1.807, 2.05) is 31.2 Å². The first-order valence-corrected chi connectivity index (χ1v) is 7.34. The second-order valence-electron chi connectivity index (χ2n) is 4.59. The van der Waals surface area contributed by atoms with E-state index in [9.17, 15) is 9.59 Å². The standard InChI is InChI=1S/C14H17NO3S/c1-2-9(14(17)18)7-15-13(16)11-8-19-12-6-4-3-5-10(11)12/h3-6,9,11H,2,7-8H2,1H3,(H,15,16)(H,17,18). The van der Waals surface area contributed by atoms with Gasteiger partial charge in [-0.2, -0.15) is 0 Å². The van der Waals surface area contributed by atoms with E-state index in [4.69, 9.17) is 5.11 Å². The number of benzene rings is 1. The molecule has 2 atom stereocenters.